The van der Waals surface area contributed by atoms with Crippen molar-refractivity contribution < 1.29 is 9.72 Å². The molecule has 0 aliphatic carbocycles. The molecule has 9 nitrogen and oxygen atoms in total. The lowest BCUT2D eigenvalue weighted by Crippen LogP contribution is -2.49. The van der Waals surface area contributed by atoms with Crippen LogP contribution in [0.3, 0.4) is 0 Å². The Labute approximate surface area is 161 Å². The van der Waals surface area contributed by atoms with Gasteiger partial charge in [-0.3, -0.25) is 14.9 Å². The van der Waals surface area contributed by atoms with Crippen LogP contribution in [-0.4, -0.2) is 56.7 Å². The molecule has 0 spiro atoms. The number of anilines is 1. The van der Waals surface area contributed by atoms with E-state index >= 15 is 0 Å². The third-order valence-electron chi connectivity index (χ3n) is 4.70. The minimum absolute atomic E-state index is 0.0810. The zero-order chi connectivity index (χ0) is 19.5. The molecule has 1 fully saturated rings. The molecular formula is C19H18N6O3. The zero-order valence-electron chi connectivity index (χ0n) is 15.0. The van der Waals surface area contributed by atoms with Gasteiger partial charge < -0.3 is 14.4 Å². The number of non-ortho nitro benzene ring substituents is 1. The number of amides is 1. The summed E-state index contributed by atoms with van der Waals surface area (Å²) in [4.78, 5) is 26.8. The van der Waals surface area contributed by atoms with Crippen LogP contribution < -0.4 is 4.90 Å². The van der Waals surface area contributed by atoms with Crippen LogP contribution in [0, 0.1) is 10.1 Å². The Hall–Kier alpha value is -3.75. The molecule has 4 rings (SSSR count). The van der Waals surface area contributed by atoms with E-state index in [9.17, 15) is 14.9 Å². The van der Waals surface area contributed by atoms with Crippen LogP contribution >= 0.6 is 0 Å². The van der Waals surface area contributed by atoms with Gasteiger partial charge in [0.2, 0.25) is 0 Å². The Kier molecular flexibility index (Phi) is 4.71. The predicted molar refractivity (Wildman–Crippen MR) is 103 cm³/mol. The molecule has 1 aromatic carbocycles. The summed E-state index contributed by atoms with van der Waals surface area (Å²) in [6.45, 7) is 2.28. The summed E-state index contributed by atoms with van der Waals surface area (Å²) in [7, 11) is 0. The maximum atomic E-state index is 12.6. The van der Waals surface area contributed by atoms with Gasteiger partial charge in [-0.05, 0) is 30.3 Å². The summed E-state index contributed by atoms with van der Waals surface area (Å²) in [5, 5.41) is 19.5. The molecule has 0 bridgehead atoms. The molecule has 0 atom stereocenters. The molecule has 1 saturated heterocycles. The lowest BCUT2D eigenvalue weighted by Gasteiger charge is -2.35. The maximum absolute atomic E-state index is 12.6. The average molecular weight is 378 g/mol. The van der Waals surface area contributed by atoms with Gasteiger partial charge in [0, 0.05) is 56.3 Å². The van der Waals surface area contributed by atoms with Crippen LogP contribution in [0.2, 0.25) is 0 Å². The fourth-order valence-electron chi connectivity index (χ4n) is 3.19. The summed E-state index contributed by atoms with van der Waals surface area (Å²) in [6, 6.07) is 13.5. The third-order valence-corrected chi connectivity index (χ3v) is 4.70. The second-order valence-electron chi connectivity index (χ2n) is 6.43. The number of nitrogens with zero attached hydrogens (tertiary/aromatic N) is 6. The zero-order valence-corrected chi connectivity index (χ0v) is 15.0. The van der Waals surface area contributed by atoms with Crippen molar-refractivity contribution in [2.45, 2.75) is 0 Å². The molecule has 1 aliphatic heterocycles. The summed E-state index contributed by atoms with van der Waals surface area (Å²) in [5.74, 6) is 1.31. The average Bonchev–Trinajstić information content (AvgIpc) is 3.28. The minimum Gasteiger partial charge on any atom is -0.352 e. The Morgan fingerprint density at radius 3 is 2.25 bits per heavy atom. The standard InChI is InChI=1S/C19H18N6O3/c26-19(15-4-3-5-16(14-15)25(27)28)24-12-10-23(11-13-24)18-7-6-17(20-21-18)22-8-1-2-9-22/h1-9,14H,10-13H2. The van der Waals surface area contributed by atoms with Crippen molar-refractivity contribution in [1.29, 1.82) is 0 Å². The topological polar surface area (TPSA) is 97.4 Å². The summed E-state index contributed by atoms with van der Waals surface area (Å²) in [6.07, 6.45) is 3.81. The first-order chi connectivity index (χ1) is 13.6. The van der Waals surface area contributed by atoms with E-state index in [4.69, 9.17) is 0 Å². The number of carbonyl (C=O) groups is 1. The highest BCUT2D eigenvalue weighted by Crippen LogP contribution is 2.18. The maximum Gasteiger partial charge on any atom is 0.270 e. The van der Waals surface area contributed by atoms with Crippen molar-refractivity contribution in [2.75, 3.05) is 31.1 Å². The van der Waals surface area contributed by atoms with Crippen molar-refractivity contribution in [1.82, 2.24) is 19.7 Å². The van der Waals surface area contributed by atoms with E-state index in [1.165, 1.54) is 18.2 Å². The van der Waals surface area contributed by atoms with Crippen molar-refractivity contribution >= 4 is 17.4 Å². The second kappa shape index (κ2) is 7.47. The first kappa shape index (κ1) is 17.7. The van der Waals surface area contributed by atoms with Crippen molar-refractivity contribution in [3.63, 3.8) is 0 Å². The Balaban J connectivity index is 1.40. The monoisotopic (exact) mass is 378 g/mol. The van der Waals surface area contributed by atoms with Crippen molar-refractivity contribution in [3.8, 4) is 5.82 Å². The van der Waals surface area contributed by atoms with E-state index in [1.807, 2.05) is 41.2 Å². The van der Waals surface area contributed by atoms with Gasteiger partial charge in [0.1, 0.15) is 0 Å². The van der Waals surface area contributed by atoms with Crippen LogP contribution in [0.5, 0.6) is 0 Å². The van der Waals surface area contributed by atoms with Crippen LogP contribution in [-0.2, 0) is 0 Å². The lowest BCUT2D eigenvalue weighted by atomic mass is 10.1. The highest BCUT2D eigenvalue weighted by atomic mass is 16.6. The quantitative estimate of drug-likeness (QED) is 0.510. The Bertz CT molecular complexity index is 979. The molecule has 3 aromatic rings. The van der Waals surface area contributed by atoms with Crippen LogP contribution in [0.25, 0.3) is 5.82 Å². The molecule has 0 saturated carbocycles. The van der Waals surface area contributed by atoms with Crippen LogP contribution in [0.4, 0.5) is 11.5 Å². The molecule has 0 N–H and O–H groups in total. The number of nitro groups is 1. The van der Waals surface area contributed by atoms with E-state index in [1.54, 1.807) is 11.0 Å². The molecule has 2 aromatic heterocycles. The number of benzene rings is 1. The number of piperazine rings is 1. The second-order valence-corrected chi connectivity index (χ2v) is 6.43. The van der Waals surface area contributed by atoms with Crippen LogP contribution in [0.1, 0.15) is 10.4 Å². The summed E-state index contributed by atoms with van der Waals surface area (Å²) < 4.78 is 1.88. The largest absolute Gasteiger partial charge is 0.352 e. The normalized spacial score (nSPS) is 14.1. The van der Waals surface area contributed by atoms with Gasteiger partial charge in [-0.25, -0.2) is 0 Å². The first-order valence-corrected chi connectivity index (χ1v) is 8.87. The van der Waals surface area contributed by atoms with E-state index in [-0.39, 0.29) is 11.6 Å². The molecule has 0 unspecified atom stereocenters. The predicted octanol–water partition coefficient (Wildman–Crippen LogP) is 2.14. The highest BCUT2D eigenvalue weighted by molar-refractivity contribution is 5.95. The Morgan fingerprint density at radius 2 is 1.61 bits per heavy atom. The molecule has 1 aliphatic rings. The molecule has 1 amide bonds. The van der Waals surface area contributed by atoms with Crippen molar-refractivity contribution in [2.24, 2.45) is 0 Å². The number of hydrogen-bond donors (Lipinski definition) is 0. The Morgan fingerprint density at radius 1 is 0.929 bits per heavy atom. The van der Waals surface area contributed by atoms with Gasteiger partial charge in [-0.15, -0.1) is 10.2 Å². The fourth-order valence-corrected chi connectivity index (χ4v) is 3.19. The van der Waals surface area contributed by atoms with Gasteiger partial charge in [0.15, 0.2) is 11.6 Å². The summed E-state index contributed by atoms with van der Waals surface area (Å²) in [5.41, 5.74) is 0.251. The summed E-state index contributed by atoms with van der Waals surface area (Å²) >= 11 is 0. The van der Waals surface area contributed by atoms with Gasteiger partial charge in [0.25, 0.3) is 11.6 Å². The van der Waals surface area contributed by atoms with Gasteiger partial charge >= 0.3 is 0 Å². The minimum atomic E-state index is -0.495. The van der Waals surface area contributed by atoms with E-state index < -0.39 is 4.92 Å². The fraction of sp³-hybridized carbons (Fsp3) is 0.211. The van der Waals surface area contributed by atoms with Crippen molar-refractivity contribution in [3.05, 3.63) is 76.6 Å². The number of nitro benzene ring substituents is 1. The lowest BCUT2D eigenvalue weighted by molar-refractivity contribution is -0.384. The van der Waals surface area contributed by atoms with E-state index in [0.717, 1.165) is 11.6 Å². The molecule has 0 radical (unpaired) electrons. The van der Waals surface area contributed by atoms with Gasteiger partial charge in [-0.2, -0.15) is 0 Å². The molecule has 142 valence electrons. The number of aromatic nitrogens is 3. The van der Waals surface area contributed by atoms with E-state index in [0.29, 0.717) is 31.7 Å². The number of carbonyl (C=O) groups excluding carboxylic acids is 1. The van der Waals surface area contributed by atoms with Gasteiger partial charge in [-0.1, -0.05) is 6.07 Å². The highest BCUT2D eigenvalue weighted by Gasteiger charge is 2.24. The number of hydrogen-bond acceptors (Lipinski definition) is 6. The first-order valence-electron chi connectivity index (χ1n) is 8.87. The smallest absolute Gasteiger partial charge is 0.270 e. The van der Waals surface area contributed by atoms with E-state index in [2.05, 4.69) is 15.1 Å². The van der Waals surface area contributed by atoms with Gasteiger partial charge in [0.05, 0.1) is 4.92 Å². The molecule has 3 heterocycles. The molecular weight excluding hydrogens is 360 g/mol. The SMILES string of the molecule is O=C(c1cccc([N+](=O)[O-])c1)N1CCN(c2ccc(-n3cccc3)nn2)CC1. The third kappa shape index (κ3) is 3.54. The molecule has 9 heteroatoms. The van der Waals surface area contributed by atoms with Crippen LogP contribution in [0.15, 0.2) is 60.9 Å². The molecule has 28 heavy (non-hydrogen) atoms. The number of rotatable bonds is 4.